The van der Waals surface area contributed by atoms with Crippen molar-refractivity contribution in [3.05, 3.63) is 29.3 Å². The van der Waals surface area contributed by atoms with Crippen molar-refractivity contribution < 1.29 is 4.74 Å². The van der Waals surface area contributed by atoms with Gasteiger partial charge >= 0.3 is 0 Å². The summed E-state index contributed by atoms with van der Waals surface area (Å²) in [5, 5.41) is 3.52. The highest BCUT2D eigenvalue weighted by molar-refractivity contribution is 5.47. The van der Waals surface area contributed by atoms with E-state index in [1.54, 1.807) is 7.11 Å². The number of hydrogen-bond acceptors (Lipinski definition) is 2. The van der Waals surface area contributed by atoms with Crippen LogP contribution in [0.3, 0.4) is 0 Å². The molecule has 1 aliphatic rings. The van der Waals surface area contributed by atoms with E-state index in [0.29, 0.717) is 0 Å². The maximum absolute atomic E-state index is 5.53. The smallest absolute Gasteiger partial charge is 0.124 e. The maximum Gasteiger partial charge on any atom is 0.124 e. The van der Waals surface area contributed by atoms with E-state index in [9.17, 15) is 0 Å². The van der Waals surface area contributed by atoms with Crippen LogP contribution in [0.15, 0.2) is 18.2 Å². The van der Waals surface area contributed by atoms with Crippen LogP contribution in [-0.2, 0) is 12.0 Å². The van der Waals surface area contributed by atoms with Crippen LogP contribution in [0.4, 0.5) is 0 Å². The summed E-state index contributed by atoms with van der Waals surface area (Å²) in [7, 11) is 3.82. The average Bonchev–Trinajstić information content (AvgIpc) is 2.37. The summed E-state index contributed by atoms with van der Waals surface area (Å²) in [6.07, 6.45) is 4.75. The number of hydrogen-bond donors (Lipinski definition) is 1. The lowest BCUT2D eigenvalue weighted by Gasteiger charge is -2.39. The molecule has 0 saturated carbocycles. The van der Waals surface area contributed by atoms with Gasteiger partial charge < -0.3 is 10.1 Å². The molecule has 16 heavy (non-hydrogen) atoms. The van der Waals surface area contributed by atoms with Crippen LogP contribution in [0, 0.1) is 0 Å². The molecule has 0 spiro atoms. The first-order chi connectivity index (χ1) is 7.77. The van der Waals surface area contributed by atoms with E-state index in [-0.39, 0.29) is 5.54 Å². The molecule has 0 heterocycles. The van der Waals surface area contributed by atoms with E-state index >= 15 is 0 Å². The number of benzene rings is 1. The molecule has 0 saturated heterocycles. The summed E-state index contributed by atoms with van der Waals surface area (Å²) in [5.41, 5.74) is 2.94. The molecule has 0 aliphatic heterocycles. The zero-order valence-electron chi connectivity index (χ0n) is 10.5. The molecule has 1 aromatic rings. The van der Waals surface area contributed by atoms with Crippen LogP contribution in [0.5, 0.6) is 5.75 Å². The van der Waals surface area contributed by atoms with E-state index in [4.69, 9.17) is 4.74 Å². The summed E-state index contributed by atoms with van der Waals surface area (Å²) in [6, 6.07) is 6.41. The topological polar surface area (TPSA) is 21.3 Å². The fraction of sp³-hybridized carbons (Fsp3) is 0.571. The van der Waals surface area contributed by atoms with Crippen LogP contribution >= 0.6 is 0 Å². The van der Waals surface area contributed by atoms with Crippen LogP contribution in [0.25, 0.3) is 0 Å². The zero-order chi connectivity index (χ0) is 11.6. The van der Waals surface area contributed by atoms with Crippen molar-refractivity contribution in [3.63, 3.8) is 0 Å². The average molecular weight is 219 g/mol. The van der Waals surface area contributed by atoms with Crippen LogP contribution < -0.4 is 10.1 Å². The first kappa shape index (κ1) is 11.5. The summed E-state index contributed by atoms with van der Waals surface area (Å²) < 4.78 is 5.53. The molecule has 1 aliphatic carbocycles. The second-order valence-corrected chi connectivity index (χ2v) is 4.53. The highest BCUT2D eigenvalue weighted by atomic mass is 16.5. The normalized spacial score (nSPS) is 23.9. The molecule has 2 nitrogen and oxygen atoms in total. The lowest BCUT2D eigenvalue weighted by Crippen LogP contribution is -2.42. The maximum atomic E-state index is 5.53. The predicted octanol–water partition coefficient (Wildman–Crippen LogP) is 2.86. The SMILES string of the molecule is CCC1(NC)CCCc2cccc(OC)c21. The molecular weight excluding hydrogens is 198 g/mol. The van der Waals surface area contributed by atoms with E-state index < -0.39 is 0 Å². The third-order valence-corrected chi connectivity index (χ3v) is 3.94. The van der Waals surface area contributed by atoms with Crippen molar-refractivity contribution in [2.45, 2.75) is 38.1 Å². The van der Waals surface area contributed by atoms with Gasteiger partial charge in [-0.15, -0.1) is 0 Å². The van der Waals surface area contributed by atoms with Gasteiger partial charge in [0.2, 0.25) is 0 Å². The highest BCUT2D eigenvalue weighted by Gasteiger charge is 2.35. The van der Waals surface area contributed by atoms with Crippen molar-refractivity contribution in [2.24, 2.45) is 0 Å². The predicted molar refractivity (Wildman–Crippen MR) is 67.0 cm³/mol. The summed E-state index contributed by atoms with van der Waals surface area (Å²) in [6.45, 7) is 2.25. The molecule has 1 N–H and O–H groups in total. The minimum atomic E-state index is 0.111. The fourth-order valence-electron chi connectivity index (χ4n) is 2.98. The number of nitrogens with one attached hydrogen (secondary N) is 1. The number of aryl methyl sites for hydroxylation is 1. The van der Waals surface area contributed by atoms with Crippen LogP contribution in [-0.4, -0.2) is 14.2 Å². The van der Waals surface area contributed by atoms with Gasteiger partial charge in [-0.2, -0.15) is 0 Å². The third-order valence-electron chi connectivity index (χ3n) is 3.94. The number of fused-ring (bicyclic) bond motifs is 1. The van der Waals surface area contributed by atoms with Gasteiger partial charge in [0.05, 0.1) is 7.11 Å². The van der Waals surface area contributed by atoms with E-state index in [2.05, 4.69) is 37.5 Å². The Kier molecular flexibility index (Phi) is 3.20. The molecule has 0 aromatic heterocycles. The Morgan fingerprint density at radius 3 is 2.88 bits per heavy atom. The lowest BCUT2D eigenvalue weighted by molar-refractivity contribution is 0.279. The largest absolute Gasteiger partial charge is 0.496 e. The number of methoxy groups -OCH3 is 1. The zero-order valence-corrected chi connectivity index (χ0v) is 10.5. The monoisotopic (exact) mass is 219 g/mol. The summed E-state index contributed by atoms with van der Waals surface area (Å²) >= 11 is 0. The van der Waals surface area contributed by atoms with Gasteiger partial charge in [-0.3, -0.25) is 0 Å². The van der Waals surface area contributed by atoms with Gasteiger partial charge in [0.15, 0.2) is 0 Å². The Morgan fingerprint density at radius 1 is 1.44 bits per heavy atom. The minimum absolute atomic E-state index is 0.111. The fourth-order valence-corrected chi connectivity index (χ4v) is 2.98. The van der Waals surface area contributed by atoms with E-state index in [1.165, 1.54) is 30.4 Å². The Bertz CT molecular complexity index is 355. The molecule has 88 valence electrons. The van der Waals surface area contributed by atoms with Crippen molar-refractivity contribution >= 4 is 0 Å². The van der Waals surface area contributed by atoms with Gasteiger partial charge in [-0.1, -0.05) is 19.1 Å². The second-order valence-electron chi connectivity index (χ2n) is 4.53. The Morgan fingerprint density at radius 2 is 2.25 bits per heavy atom. The molecule has 1 aromatic carbocycles. The van der Waals surface area contributed by atoms with Crippen molar-refractivity contribution in [2.75, 3.05) is 14.2 Å². The van der Waals surface area contributed by atoms with Crippen molar-refractivity contribution in [1.29, 1.82) is 0 Å². The van der Waals surface area contributed by atoms with Gasteiger partial charge in [0, 0.05) is 11.1 Å². The molecule has 1 unspecified atom stereocenters. The summed E-state index contributed by atoms with van der Waals surface area (Å²) in [5.74, 6) is 1.04. The van der Waals surface area contributed by atoms with Crippen LogP contribution in [0.2, 0.25) is 0 Å². The molecule has 2 rings (SSSR count). The van der Waals surface area contributed by atoms with Gasteiger partial charge in [0.1, 0.15) is 5.75 Å². The molecule has 1 atom stereocenters. The molecule has 0 bridgehead atoms. The first-order valence-electron chi connectivity index (χ1n) is 6.12. The highest BCUT2D eigenvalue weighted by Crippen LogP contribution is 2.42. The van der Waals surface area contributed by atoms with Crippen LogP contribution in [0.1, 0.15) is 37.3 Å². The molecular formula is C14H21NO. The standard InChI is InChI=1S/C14H21NO/c1-4-14(15-2)10-6-8-11-7-5-9-12(16-3)13(11)14/h5,7,9,15H,4,6,8,10H2,1-3H3. The molecule has 0 amide bonds. The molecule has 0 radical (unpaired) electrons. The van der Waals surface area contributed by atoms with Crippen molar-refractivity contribution in [1.82, 2.24) is 5.32 Å². The molecule has 2 heteroatoms. The van der Waals surface area contributed by atoms with Gasteiger partial charge in [-0.05, 0) is 44.4 Å². The lowest BCUT2D eigenvalue weighted by atomic mass is 9.74. The summed E-state index contributed by atoms with van der Waals surface area (Å²) in [4.78, 5) is 0. The first-order valence-corrected chi connectivity index (χ1v) is 6.12. The molecule has 0 fully saturated rings. The van der Waals surface area contributed by atoms with Gasteiger partial charge in [-0.25, -0.2) is 0 Å². The number of rotatable bonds is 3. The number of ether oxygens (including phenoxy) is 1. The van der Waals surface area contributed by atoms with E-state index in [1.807, 2.05) is 0 Å². The van der Waals surface area contributed by atoms with Crippen molar-refractivity contribution in [3.8, 4) is 5.75 Å². The Hall–Kier alpha value is -1.02. The Balaban J connectivity index is 2.58. The quantitative estimate of drug-likeness (QED) is 0.844. The third kappa shape index (κ3) is 1.61. The van der Waals surface area contributed by atoms with E-state index in [0.717, 1.165) is 12.2 Å². The minimum Gasteiger partial charge on any atom is -0.496 e. The van der Waals surface area contributed by atoms with Gasteiger partial charge in [0.25, 0.3) is 0 Å². The second kappa shape index (κ2) is 4.46. The Labute approximate surface area is 98.0 Å².